The molecule has 3 aromatic carbocycles. The molecule has 1 atom stereocenters. The summed E-state index contributed by atoms with van der Waals surface area (Å²) in [6.45, 7) is 3.17. The molecule has 0 bridgehead atoms. The van der Waals surface area contributed by atoms with Crippen LogP contribution in [0.5, 0.6) is 5.75 Å². The van der Waals surface area contributed by atoms with Gasteiger partial charge in [-0.25, -0.2) is 21.2 Å². The Morgan fingerprint density at radius 1 is 1.00 bits per heavy atom. The van der Waals surface area contributed by atoms with Crippen molar-refractivity contribution in [2.45, 2.75) is 37.1 Å². The van der Waals surface area contributed by atoms with Crippen LogP contribution in [-0.4, -0.2) is 72.4 Å². The summed E-state index contributed by atoms with van der Waals surface area (Å²) in [5.74, 6) is -3.16. The number of primary amides is 1. The third-order valence-electron chi connectivity index (χ3n) is 9.26. The lowest BCUT2D eigenvalue weighted by atomic mass is 10.1. The molecule has 0 spiro atoms. The maximum absolute atomic E-state index is 14.8. The van der Waals surface area contributed by atoms with Crippen molar-refractivity contribution in [3.05, 3.63) is 89.1 Å². The summed E-state index contributed by atoms with van der Waals surface area (Å²) in [5, 5.41) is 6.02. The number of aryl methyl sites for hydroxylation is 1. The van der Waals surface area contributed by atoms with Gasteiger partial charge in [0.25, 0.3) is 15.9 Å². The number of anilines is 5. The summed E-state index contributed by atoms with van der Waals surface area (Å²) in [4.78, 5) is 38.8. The molecular weight excluding hydrogens is 682 g/mol. The fourth-order valence-electron chi connectivity index (χ4n) is 6.64. The van der Waals surface area contributed by atoms with Gasteiger partial charge in [0, 0.05) is 24.5 Å². The number of hydrogen-bond acceptors (Lipinski definition) is 10. The van der Waals surface area contributed by atoms with Crippen molar-refractivity contribution in [1.82, 2.24) is 18.8 Å². The SMILES string of the molecule is COc1cc2c(cc1Nc1nc(Nc3cc(F)cc(F)c3C(N)=O)c3ccn(S(=O)(=O)c4ccc(C)cc4)c3n1)N(C(=O)[C@H]1CCCN1C)CC2. The van der Waals surface area contributed by atoms with Gasteiger partial charge in [0.1, 0.15) is 23.2 Å². The van der Waals surface area contributed by atoms with Gasteiger partial charge >= 0.3 is 0 Å². The summed E-state index contributed by atoms with van der Waals surface area (Å²) in [7, 11) is -0.779. The summed E-state index contributed by atoms with van der Waals surface area (Å²) in [6.07, 6.45) is 3.61. The lowest BCUT2D eigenvalue weighted by Crippen LogP contribution is -2.43. The number of ether oxygens (including phenoxy) is 1. The summed E-state index contributed by atoms with van der Waals surface area (Å²) >= 11 is 0. The number of rotatable bonds is 9. The number of benzene rings is 3. The highest BCUT2D eigenvalue weighted by atomic mass is 32.2. The molecule has 16 heteroatoms. The molecule has 1 fully saturated rings. The minimum Gasteiger partial charge on any atom is -0.495 e. The van der Waals surface area contributed by atoms with E-state index in [0.29, 0.717) is 36.2 Å². The quantitative estimate of drug-likeness (QED) is 0.192. The Morgan fingerprint density at radius 3 is 2.45 bits per heavy atom. The highest BCUT2D eigenvalue weighted by Crippen LogP contribution is 2.40. The normalized spacial score (nSPS) is 16.0. The van der Waals surface area contributed by atoms with Crippen LogP contribution in [0.1, 0.15) is 34.3 Å². The fourth-order valence-corrected chi connectivity index (χ4v) is 7.94. The maximum Gasteiger partial charge on any atom is 0.269 e. The van der Waals surface area contributed by atoms with E-state index < -0.39 is 33.1 Å². The number of nitrogens with zero attached hydrogens (tertiary/aromatic N) is 5. The van der Waals surface area contributed by atoms with Gasteiger partial charge in [-0.1, -0.05) is 17.7 Å². The molecule has 0 radical (unpaired) electrons. The predicted octanol–water partition coefficient (Wildman–Crippen LogP) is 4.83. The molecule has 2 aromatic heterocycles. The van der Waals surface area contributed by atoms with E-state index >= 15 is 0 Å². The van der Waals surface area contributed by atoms with Crippen molar-refractivity contribution in [3.63, 3.8) is 0 Å². The Kier molecular flexibility index (Phi) is 8.59. The van der Waals surface area contributed by atoms with Crippen molar-refractivity contribution in [3.8, 4) is 5.75 Å². The Labute approximate surface area is 292 Å². The molecule has 1 saturated heterocycles. The van der Waals surface area contributed by atoms with Gasteiger partial charge in [0.05, 0.1) is 40.4 Å². The predicted molar refractivity (Wildman–Crippen MR) is 187 cm³/mol. The van der Waals surface area contributed by atoms with Gasteiger partial charge in [0.2, 0.25) is 11.9 Å². The van der Waals surface area contributed by atoms with E-state index in [1.165, 1.54) is 31.5 Å². The lowest BCUT2D eigenvalue weighted by molar-refractivity contribution is -0.122. The summed E-state index contributed by atoms with van der Waals surface area (Å²) in [6, 6.07) is 12.4. The molecule has 2 aliphatic heterocycles. The number of hydrogen-bond donors (Lipinski definition) is 3. The molecule has 7 rings (SSSR count). The van der Waals surface area contributed by atoms with Gasteiger partial charge in [-0.15, -0.1) is 0 Å². The average Bonchev–Trinajstić information content (AvgIpc) is 3.82. The van der Waals surface area contributed by atoms with Crippen LogP contribution < -0.4 is 26.0 Å². The molecule has 13 nitrogen and oxygen atoms in total. The number of aromatic nitrogens is 3. The van der Waals surface area contributed by atoms with Crippen LogP contribution in [0.2, 0.25) is 0 Å². The zero-order valence-electron chi connectivity index (χ0n) is 27.9. The molecular formula is C35H34F2N8O5S. The number of carbonyl (C=O) groups is 2. The second-order valence-corrected chi connectivity index (χ2v) is 14.4. The first-order valence-electron chi connectivity index (χ1n) is 16.1. The van der Waals surface area contributed by atoms with Crippen LogP contribution >= 0.6 is 0 Å². The van der Waals surface area contributed by atoms with Crippen molar-refractivity contribution in [2.75, 3.05) is 42.8 Å². The summed E-state index contributed by atoms with van der Waals surface area (Å²) in [5.41, 5.74) is 7.23. The molecule has 2 aliphatic rings. The number of fused-ring (bicyclic) bond motifs is 2. The molecule has 5 aromatic rings. The van der Waals surface area contributed by atoms with Crippen molar-refractivity contribution < 1.29 is 31.5 Å². The second kappa shape index (κ2) is 12.9. The van der Waals surface area contributed by atoms with Crippen LogP contribution in [0.25, 0.3) is 11.0 Å². The number of halogens is 2. The highest BCUT2D eigenvalue weighted by Gasteiger charge is 2.35. The van der Waals surface area contributed by atoms with Crippen LogP contribution in [0.4, 0.5) is 37.6 Å². The minimum atomic E-state index is -4.20. The second-order valence-electron chi connectivity index (χ2n) is 12.5. The summed E-state index contributed by atoms with van der Waals surface area (Å²) < 4.78 is 63.6. The largest absolute Gasteiger partial charge is 0.495 e. The van der Waals surface area contributed by atoms with Crippen LogP contribution in [0.3, 0.4) is 0 Å². The zero-order chi connectivity index (χ0) is 36.2. The third kappa shape index (κ3) is 6.10. The molecule has 4 heterocycles. The number of amides is 2. The minimum absolute atomic E-state index is 0.000688. The Balaban J connectivity index is 1.36. The molecule has 4 N–H and O–H groups in total. The third-order valence-corrected chi connectivity index (χ3v) is 10.9. The van der Waals surface area contributed by atoms with E-state index in [4.69, 9.17) is 10.5 Å². The Bertz CT molecular complexity index is 2330. The monoisotopic (exact) mass is 716 g/mol. The van der Waals surface area contributed by atoms with Crippen LogP contribution in [-0.2, 0) is 21.2 Å². The molecule has 0 saturated carbocycles. The van der Waals surface area contributed by atoms with E-state index in [2.05, 4.69) is 25.5 Å². The maximum atomic E-state index is 14.8. The van der Waals surface area contributed by atoms with Crippen LogP contribution in [0.15, 0.2) is 65.7 Å². The number of likely N-dealkylation sites (tertiary alicyclic amines) is 1. The van der Waals surface area contributed by atoms with Gasteiger partial charge in [-0.3, -0.25) is 14.5 Å². The molecule has 51 heavy (non-hydrogen) atoms. The van der Waals surface area contributed by atoms with Crippen LogP contribution in [0, 0.1) is 18.6 Å². The van der Waals surface area contributed by atoms with E-state index in [1.54, 1.807) is 23.1 Å². The zero-order valence-corrected chi connectivity index (χ0v) is 28.7. The lowest BCUT2D eigenvalue weighted by Gasteiger charge is -2.26. The Hall–Kier alpha value is -5.61. The van der Waals surface area contributed by atoms with Gasteiger partial charge < -0.3 is 26.0 Å². The van der Waals surface area contributed by atoms with Crippen molar-refractivity contribution in [1.29, 1.82) is 0 Å². The first-order valence-corrected chi connectivity index (χ1v) is 17.6. The number of nitrogens with two attached hydrogens (primary N) is 1. The van der Waals surface area contributed by atoms with Gasteiger partial charge in [-0.2, -0.15) is 9.97 Å². The smallest absolute Gasteiger partial charge is 0.269 e. The van der Waals surface area contributed by atoms with E-state index in [1.807, 2.05) is 20.0 Å². The van der Waals surface area contributed by atoms with Crippen molar-refractivity contribution >= 4 is 61.7 Å². The molecule has 2 amide bonds. The fraction of sp³-hybridized carbons (Fsp3) is 0.257. The molecule has 264 valence electrons. The molecule has 0 aliphatic carbocycles. The topological polar surface area (TPSA) is 165 Å². The highest BCUT2D eigenvalue weighted by molar-refractivity contribution is 7.90. The number of nitrogens with one attached hydrogen (secondary N) is 2. The number of likely N-dealkylation sites (N-methyl/N-ethyl adjacent to an activating group) is 1. The first kappa shape index (κ1) is 33.9. The van der Waals surface area contributed by atoms with Crippen molar-refractivity contribution in [2.24, 2.45) is 5.73 Å². The first-order chi connectivity index (χ1) is 24.3. The number of carbonyl (C=O) groups excluding carboxylic acids is 2. The van der Waals surface area contributed by atoms with Gasteiger partial charge in [-0.05, 0) is 81.7 Å². The Morgan fingerprint density at radius 2 is 1.76 bits per heavy atom. The average molecular weight is 717 g/mol. The van der Waals surface area contributed by atoms with E-state index in [-0.39, 0.29) is 45.3 Å². The number of methoxy groups -OCH3 is 1. The van der Waals surface area contributed by atoms with E-state index in [9.17, 15) is 26.8 Å². The van der Waals surface area contributed by atoms with E-state index in [0.717, 1.165) is 40.6 Å². The standard InChI is InChI=1S/C35H34F2N8O5S/c1-19-6-8-22(9-7-19)51(48,49)45-14-11-23-32(39-26-17-21(36)16-24(37)30(26)31(38)46)41-35(42-33(23)45)40-25-18-28-20(15-29(25)50-3)10-13-44(28)34(47)27-5-4-12-43(27)2/h6-9,11,14-18,27H,4-5,10,12-13H2,1-3H3,(H2,38,46)(H2,39,40,41,42)/t27-/m1/s1. The van der Waals surface area contributed by atoms with Gasteiger partial charge in [0.15, 0.2) is 5.65 Å². The molecule has 0 unspecified atom stereocenters.